The van der Waals surface area contributed by atoms with Crippen LogP contribution in [-0.2, 0) is 4.52 Å². The quantitative estimate of drug-likeness (QED) is 0.539. The zero-order chi connectivity index (χ0) is 12.0. The molecule has 1 aromatic rings. The summed E-state index contributed by atoms with van der Waals surface area (Å²) in [5.41, 5.74) is 2.61. The zero-order valence-electron chi connectivity index (χ0n) is 10.3. The minimum atomic E-state index is -0.612. The summed E-state index contributed by atoms with van der Waals surface area (Å²) in [6, 6.07) is 6.59. The fourth-order valence-corrected chi connectivity index (χ4v) is 3.72. The van der Waals surface area contributed by atoms with Gasteiger partial charge in [-0.25, -0.2) is 0 Å². The summed E-state index contributed by atoms with van der Waals surface area (Å²) in [7, 11) is 0. The predicted molar refractivity (Wildman–Crippen MR) is 76.9 cm³/mol. The number of rotatable bonds is 6. The van der Waals surface area contributed by atoms with Crippen LogP contribution in [0.15, 0.2) is 18.2 Å². The Morgan fingerprint density at radius 3 is 2.31 bits per heavy atom. The highest BCUT2D eigenvalue weighted by Gasteiger charge is 2.08. The van der Waals surface area contributed by atoms with Crippen LogP contribution in [0.25, 0.3) is 0 Å². The Balaban J connectivity index is 2.48. The molecule has 0 aliphatic heterocycles. The Morgan fingerprint density at radius 2 is 1.75 bits per heavy atom. The van der Waals surface area contributed by atoms with Crippen LogP contribution < -0.4 is 5.30 Å². The van der Waals surface area contributed by atoms with Crippen LogP contribution >= 0.6 is 22.3 Å². The van der Waals surface area contributed by atoms with E-state index in [2.05, 4.69) is 54.5 Å². The van der Waals surface area contributed by atoms with Crippen LogP contribution in [0.5, 0.6) is 0 Å². The van der Waals surface area contributed by atoms with Crippen molar-refractivity contribution in [2.24, 2.45) is 0 Å². The summed E-state index contributed by atoms with van der Waals surface area (Å²) in [4.78, 5) is 0. The van der Waals surface area contributed by atoms with Gasteiger partial charge in [0, 0.05) is 5.30 Å². The maximum absolute atomic E-state index is 5.82. The second kappa shape index (κ2) is 7.42. The van der Waals surface area contributed by atoms with E-state index in [0.717, 1.165) is 13.0 Å². The Kier molecular flexibility index (Phi) is 6.57. The molecule has 0 aromatic heterocycles. The second-order valence-corrected chi connectivity index (χ2v) is 7.33. The molecule has 1 rings (SSSR count). The van der Waals surface area contributed by atoms with Gasteiger partial charge in [-0.1, -0.05) is 37.0 Å². The van der Waals surface area contributed by atoms with Gasteiger partial charge in [-0.15, -0.1) is 0 Å². The lowest BCUT2D eigenvalue weighted by Crippen LogP contribution is -2.02. The maximum atomic E-state index is 5.82. The SMILES string of the molecule is CCCCCOP(Br)c1cc(C)cc(C)c1. The third kappa shape index (κ3) is 4.95. The molecule has 0 bridgehead atoms. The van der Waals surface area contributed by atoms with Gasteiger partial charge < -0.3 is 4.52 Å². The van der Waals surface area contributed by atoms with Crippen LogP contribution in [0.1, 0.15) is 37.3 Å². The molecule has 1 nitrogen and oxygen atoms in total. The van der Waals surface area contributed by atoms with Crippen LogP contribution in [-0.4, -0.2) is 6.61 Å². The van der Waals surface area contributed by atoms with E-state index in [1.165, 1.54) is 29.3 Å². The molecule has 0 aliphatic carbocycles. The highest BCUT2D eigenvalue weighted by atomic mass is 79.9. The van der Waals surface area contributed by atoms with E-state index in [1.54, 1.807) is 0 Å². The molecule has 0 heterocycles. The van der Waals surface area contributed by atoms with Crippen molar-refractivity contribution in [2.75, 3.05) is 6.61 Å². The van der Waals surface area contributed by atoms with Gasteiger partial charge in [-0.05, 0) is 47.9 Å². The van der Waals surface area contributed by atoms with Crippen LogP contribution in [0.4, 0.5) is 0 Å². The fraction of sp³-hybridized carbons (Fsp3) is 0.538. The average molecular weight is 303 g/mol. The van der Waals surface area contributed by atoms with Crippen molar-refractivity contribution in [3.05, 3.63) is 29.3 Å². The number of aryl methyl sites for hydroxylation is 2. The lowest BCUT2D eigenvalue weighted by molar-refractivity contribution is 0.349. The molecule has 0 N–H and O–H groups in total. The molecule has 1 atom stereocenters. The lowest BCUT2D eigenvalue weighted by Gasteiger charge is -2.12. The van der Waals surface area contributed by atoms with Crippen molar-refractivity contribution >= 4 is 27.6 Å². The number of unbranched alkanes of at least 4 members (excludes halogenated alkanes) is 2. The lowest BCUT2D eigenvalue weighted by atomic mass is 10.2. The molecule has 0 fully saturated rings. The Bertz CT molecular complexity index is 307. The molecular formula is C13H20BrOP. The number of hydrogen-bond donors (Lipinski definition) is 0. The summed E-state index contributed by atoms with van der Waals surface area (Å²) in [6.07, 6.45) is 3.65. The summed E-state index contributed by atoms with van der Waals surface area (Å²) >= 11 is 3.65. The normalized spacial score (nSPS) is 12.8. The van der Waals surface area contributed by atoms with Gasteiger partial charge in [-0.2, -0.15) is 0 Å². The average Bonchev–Trinajstić information content (AvgIpc) is 2.22. The first kappa shape index (κ1) is 14.2. The van der Waals surface area contributed by atoms with Gasteiger partial charge >= 0.3 is 0 Å². The first-order chi connectivity index (χ1) is 7.63. The molecule has 1 unspecified atom stereocenters. The number of halogens is 1. The molecule has 16 heavy (non-hydrogen) atoms. The van der Waals surface area contributed by atoms with Gasteiger partial charge in [0.05, 0.1) is 6.61 Å². The molecule has 0 saturated carbocycles. The van der Waals surface area contributed by atoms with Crippen LogP contribution in [0.3, 0.4) is 0 Å². The second-order valence-electron chi connectivity index (χ2n) is 4.13. The largest absolute Gasteiger partial charge is 0.343 e. The molecule has 0 saturated heterocycles. The standard InChI is InChI=1S/C13H20BrOP/c1-4-5-6-7-15-16(14)13-9-11(2)8-12(3)10-13/h8-10H,4-7H2,1-3H3. The van der Waals surface area contributed by atoms with Gasteiger partial charge in [0.15, 0.2) is 0 Å². The molecule has 0 amide bonds. The van der Waals surface area contributed by atoms with Gasteiger partial charge in [-0.3, -0.25) is 0 Å². The Hall–Kier alpha value is 0.0900. The molecule has 0 radical (unpaired) electrons. The van der Waals surface area contributed by atoms with Crippen molar-refractivity contribution in [3.8, 4) is 0 Å². The van der Waals surface area contributed by atoms with Gasteiger partial charge in [0.1, 0.15) is 6.85 Å². The summed E-state index contributed by atoms with van der Waals surface area (Å²) in [5.74, 6) is 0. The molecular weight excluding hydrogens is 283 g/mol. The Morgan fingerprint density at radius 1 is 1.12 bits per heavy atom. The van der Waals surface area contributed by atoms with Crippen LogP contribution in [0, 0.1) is 13.8 Å². The van der Waals surface area contributed by atoms with E-state index in [0.29, 0.717) is 0 Å². The monoisotopic (exact) mass is 302 g/mol. The van der Waals surface area contributed by atoms with Crippen molar-refractivity contribution in [3.63, 3.8) is 0 Å². The molecule has 0 spiro atoms. The minimum absolute atomic E-state index is 0.612. The first-order valence-corrected chi connectivity index (χ1v) is 9.08. The summed E-state index contributed by atoms with van der Waals surface area (Å²) in [6.45, 7) is 6.71. The number of hydrogen-bond acceptors (Lipinski definition) is 1. The highest BCUT2D eigenvalue weighted by molar-refractivity contribution is 9.39. The molecule has 3 heteroatoms. The van der Waals surface area contributed by atoms with Crippen molar-refractivity contribution in [1.82, 2.24) is 0 Å². The topological polar surface area (TPSA) is 9.23 Å². The van der Waals surface area contributed by atoms with E-state index in [1.807, 2.05) is 0 Å². The van der Waals surface area contributed by atoms with Crippen molar-refractivity contribution < 1.29 is 4.52 Å². The third-order valence-corrected chi connectivity index (χ3v) is 5.28. The van der Waals surface area contributed by atoms with E-state index in [4.69, 9.17) is 4.52 Å². The van der Waals surface area contributed by atoms with Crippen molar-refractivity contribution in [2.45, 2.75) is 40.0 Å². The number of benzene rings is 1. The molecule has 90 valence electrons. The molecule has 1 aromatic carbocycles. The Labute approximate surface area is 108 Å². The fourth-order valence-electron chi connectivity index (χ4n) is 1.62. The first-order valence-electron chi connectivity index (χ1n) is 5.80. The van der Waals surface area contributed by atoms with E-state index in [-0.39, 0.29) is 0 Å². The smallest absolute Gasteiger partial charge is 0.130 e. The van der Waals surface area contributed by atoms with Crippen LogP contribution in [0.2, 0.25) is 0 Å². The third-order valence-electron chi connectivity index (χ3n) is 2.36. The van der Waals surface area contributed by atoms with Crippen molar-refractivity contribution in [1.29, 1.82) is 0 Å². The van der Waals surface area contributed by atoms with Gasteiger partial charge in [0.2, 0.25) is 0 Å². The van der Waals surface area contributed by atoms with E-state index < -0.39 is 6.85 Å². The minimum Gasteiger partial charge on any atom is -0.343 e. The summed E-state index contributed by atoms with van der Waals surface area (Å²) < 4.78 is 5.82. The predicted octanol–water partition coefficient (Wildman–Crippen LogP) is 4.84. The van der Waals surface area contributed by atoms with E-state index >= 15 is 0 Å². The molecule has 0 aliphatic rings. The van der Waals surface area contributed by atoms with Gasteiger partial charge in [0.25, 0.3) is 0 Å². The van der Waals surface area contributed by atoms with E-state index in [9.17, 15) is 0 Å². The maximum Gasteiger partial charge on any atom is 0.130 e. The highest BCUT2D eigenvalue weighted by Crippen LogP contribution is 2.44. The zero-order valence-corrected chi connectivity index (χ0v) is 12.8. The summed E-state index contributed by atoms with van der Waals surface area (Å²) in [5, 5.41) is 1.28.